The number of anilines is 1. The number of quaternary nitrogens is 1. The van der Waals surface area contributed by atoms with E-state index >= 15 is 4.79 Å². The molecule has 26 heteroatoms. The molecule has 4 aromatic rings. The molecule has 12 atom stereocenters. The Morgan fingerprint density at radius 2 is 1.34 bits per heavy atom. The van der Waals surface area contributed by atoms with Gasteiger partial charge in [0.05, 0.1) is 62.9 Å². The maximum absolute atomic E-state index is 15.1. The third-order valence-electron chi connectivity index (χ3n) is 19.5. The minimum Gasteiger partial charge on any atom is -0.449 e. The Morgan fingerprint density at radius 3 is 1.90 bits per heavy atom. The first kappa shape index (κ1) is 80.0. The molecule has 25 nitrogen and oxygen atoms in total. The fourth-order valence-corrected chi connectivity index (χ4v) is 14.9. The van der Waals surface area contributed by atoms with Gasteiger partial charge in [-0.2, -0.15) is 8.42 Å². The minimum absolute atomic E-state index is 0.0166. The van der Waals surface area contributed by atoms with Crippen LogP contribution in [0.4, 0.5) is 15.3 Å². The van der Waals surface area contributed by atoms with E-state index in [0.29, 0.717) is 31.4 Å². The molecule has 0 bridgehead atoms. The maximum atomic E-state index is 15.1. The molecule has 544 valence electrons. The number of ether oxygens (including phenoxy) is 3. The fraction of sp³-hybridized carbons (Fsp3) is 0.562. The van der Waals surface area contributed by atoms with E-state index in [9.17, 15) is 51.6 Å². The molecule has 1 heterocycles. The Balaban J connectivity index is 1.14. The topological polar surface area (TPSA) is 344 Å². The third kappa shape index (κ3) is 20.6. The highest BCUT2D eigenvalue weighted by atomic mass is 32.2. The number of likely N-dealkylation sites (N-methyl/N-ethyl adjacent to an activating group) is 2. The molecule has 99 heavy (non-hydrogen) atoms. The molecule has 1 fully saturated rings. The lowest BCUT2D eigenvalue weighted by Crippen LogP contribution is -2.63. The van der Waals surface area contributed by atoms with Crippen LogP contribution in [-0.2, 0) is 59.6 Å². The van der Waals surface area contributed by atoms with E-state index in [0.717, 1.165) is 28.3 Å². The van der Waals surface area contributed by atoms with Crippen LogP contribution < -0.4 is 37.6 Å². The number of hydrogen-bond acceptors (Lipinski definition) is 14. The zero-order chi connectivity index (χ0) is 73.4. The second-order valence-corrected chi connectivity index (χ2v) is 29.5. The molecule has 2 aliphatic rings. The van der Waals surface area contributed by atoms with Crippen LogP contribution in [0.5, 0.6) is 0 Å². The standard InChI is InChI=1S/C73H106N10O15S/c1-16-45(8)63(58(96-14)39-60(84)82-37-25-33-57(82)66(97-15)46(9)67(86)76-47(10)65(85)48-26-18-17-19-27-48)81(11)71(90)62(43(4)5)79-70(89)64(44(6)7)83(12,13)40-49-34-35-50(38-59(49)99(93,94)95)77-68(87)56(32-24-36-75-72(74)91)78-69(88)61(42(2)3)80-73(92)98-41-55-53-30-22-20-28-51(53)52-29-21-23-31-54(52)55/h17-23,26-31,34-35,38,42-47,55-58,61-66,85H,16,24-25,32-33,36-37,39-41H2,1-15H3,(H8-,74,75,76,77,78,79,80,86,87,88,89,91,92,93,94,95)/p+1/t45-,46+,47+,56-,57-,58+,61-,62-,63-,64-,65+,66+/m0/s1. The Hall–Kier alpha value is -8.01. The molecular weight excluding hydrogens is 1290 g/mol. The number of nitrogens with zero attached hydrogens (tertiary/aromatic N) is 3. The molecule has 0 unspecified atom stereocenters. The lowest BCUT2D eigenvalue weighted by atomic mass is 9.89. The van der Waals surface area contributed by atoms with Crippen LogP contribution in [0.15, 0.2) is 102 Å². The van der Waals surface area contributed by atoms with Gasteiger partial charge in [-0.3, -0.25) is 33.3 Å². The predicted molar refractivity (Wildman–Crippen MR) is 377 cm³/mol. The lowest BCUT2D eigenvalue weighted by molar-refractivity contribution is -0.922. The van der Waals surface area contributed by atoms with Crippen LogP contribution in [0.2, 0.25) is 0 Å². The van der Waals surface area contributed by atoms with Crippen molar-refractivity contribution < 1.29 is 75.1 Å². The number of likely N-dealkylation sites (tertiary alicyclic amines) is 1. The number of nitrogens with two attached hydrogens (primary N) is 1. The highest BCUT2D eigenvalue weighted by Crippen LogP contribution is 2.45. The molecule has 6 rings (SSSR count). The molecule has 9 amide bonds. The Labute approximate surface area is 584 Å². The van der Waals surface area contributed by atoms with E-state index in [1.54, 1.807) is 84.6 Å². The number of aliphatic hydroxyl groups is 1. The van der Waals surface area contributed by atoms with Gasteiger partial charge >= 0.3 is 12.1 Å². The summed E-state index contributed by atoms with van der Waals surface area (Å²) in [7, 11) is 3.03. The molecule has 0 radical (unpaired) electrons. The summed E-state index contributed by atoms with van der Waals surface area (Å²) in [6.07, 6.45) is -1.49. The van der Waals surface area contributed by atoms with Crippen LogP contribution in [-0.4, -0.2) is 189 Å². The van der Waals surface area contributed by atoms with Crippen LogP contribution in [0.3, 0.4) is 0 Å². The van der Waals surface area contributed by atoms with Gasteiger partial charge in [0.25, 0.3) is 16.0 Å². The molecule has 1 aliphatic heterocycles. The van der Waals surface area contributed by atoms with Crippen molar-refractivity contribution >= 4 is 63.4 Å². The van der Waals surface area contributed by atoms with Gasteiger partial charge in [-0.25, -0.2) is 9.59 Å². The average molecular weight is 1400 g/mol. The molecule has 1 aliphatic carbocycles. The smallest absolute Gasteiger partial charge is 0.407 e. The van der Waals surface area contributed by atoms with Gasteiger partial charge in [-0.1, -0.05) is 148 Å². The number of primary amides is 1. The van der Waals surface area contributed by atoms with Crippen LogP contribution in [0.25, 0.3) is 11.1 Å². The fourth-order valence-electron chi connectivity index (χ4n) is 14.2. The first-order chi connectivity index (χ1) is 46.7. The van der Waals surface area contributed by atoms with E-state index in [1.807, 2.05) is 94.4 Å². The summed E-state index contributed by atoms with van der Waals surface area (Å²) in [6, 6.07) is 21.5. The average Bonchev–Trinajstić information content (AvgIpc) is 1.66. The first-order valence-corrected chi connectivity index (χ1v) is 35.8. The predicted octanol–water partition coefficient (Wildman–Crippen LogP) is 7.27. The highest BCUT2D eigenvalue weighted by Gasteiger charge is 2.46. The number of urea groups is 1. The number of alkyl carbamates (subject to hydrolysis) is 1. The summed E-state index contributed by atoms with van der Waals surface area (Å²) >= 11 is 0. The van der Waals surface area contributed by atoms with Gasteiger partial charge in [-0.05, 0) is 96.4 Å². The summed E-state index contributed by atoms with van der Waals surface area (Å²) in [6.45, 7) is 18.3. The molecule has 10 N–H and O–H groups in total. The summed E-state index contributed by atoms with van der Waals surface area (Å²) < 4.78 is 55.2. The summed E-state index contributed by atoms with van der Waals surface area (Å²) in [5, 5.41) is 27.5. The molecule has 1 saturated heterocycles. The van der Waals surface area contributed by atoms with E-state index in [2.05, 4.69) is 31.9 Å². The van der Waals surface area contributed by atoms with Gasteiger partial charge in [0, 0.05) is 57.4 Å². The van der Waals surface area contributed by atoms with Gasteiger partial charge < -0.3 is 71.2 Å². The zero-order valence-electron chi connectivity index (χ0n) is 60.1. The highest BCUT2D eigenvalue weighted by molar-refractivity contribution is 7.85. The lowest BCUT2D eigenvalue weighted by Gasteiger charge is -2.42. The van der Waals surface area contributed by atoms with E-state index in [4.69, 9.17) is 19.9 Å². The third-order valence-corrected chi connectivity index (χ3v) is 20.4. The van der Waals surface area contributed by atoms with Gasteiger partial charge in [0.2, 0.25) is 29.5 Å². The van der Waals surface area contributed by atoms with Crippen molar-refractivity contribution in [2.45, 2.75) is 186 Å². The normalized spacial score (nSPS) is 17.3. The summed E-state index contributed by atoms with van der Waals surface area (Å²) in [4.78, 5) is 114. The van der Waals surface area contributed by atoms with E-state index in [1.165, 1.54) is 26.4 Å². The Kier molecular flexibility index (Phi) is 29.0. The number of rotatable bonds is 35. The zero-order valence-corrected chi connectivity index (χ0v) is 60.9. The number of hydrogen-bond donors (Lipinski definition) is 9. The summed E-state index contributed by atoms with van der Waals surface area (Å²) in [5.74, 6) is -5.60. The van der Waals surface area contributed by atoms with Crippen LogP contribution >= 0.6 is 0 Å². The SMILES string of the molecule is CC[C@H](C)[C@@H]([C@@H](CC(=O)N1CCC[C@H]1[C@H](OC)[C@@H](C)C(=O)N[C@H](C)[C@@H](O)c1ccccc1)OC)N(C)C(=O)[C@@H](NC(=O)[C@H](C(C)C)[N+](C)(C)Cc1ccc(NC(=O)[C@H](CCCNC(N)=O)NC(=O)[C@@H](NC(=O)OCC2c3ccccc3-c3ccccc32)C(C)C)cc1S(=O)(=O)O)C(C)C. The van der Waals surface area contributed by atoms with Crippen molar-refractivity contribution in [1.82, 2.24) is 36.4 Å². The van der Waals surface area contributed by atoms with Crippen molar-refractivity contribution in [2.75, 3.05) is 60.4 Å². The van der Waals surface area contributed by atoms with Crippen molar-refractivity contribution in [1.29, 1.82) is 0 Å². The van der Waals surface area contributed by atoms with Gasteiger partial charge in [0.1, 0.15) is 36.2 Å². The molecule has 0 spiro atoms. The maximum Gasteiger partial charge on any atom is 0.407 e. The quantitative estimate of drug-likeness (QED) is 0.0124. The number of nitrogens with one attached hydrogen (secondary N) is 6. The molecule has 0 saturated carbocycles. The van der Waals surface area contributed by atoms with Crippen molar-refractivity contribution in [3.63, 3.8) is 0 Å². The number of aliphatic hydroxyl groups excluding tert-OH is 1. The van der Waals surface area contributed by atoms with Gasteiger partial charge in [0.15, 0.2) is 6.04 Å². The monoisotopic (exact) mass is 1400 g/mol. The largest absolute Gasteiger partial charge is 0.449 e. The van der Waals surface area contributed by atoms with Crippen molar-refractivity contribution in [3.05, 3.63) is 119 Å². The molecular formula is C73H107N10O15S+. The van der Waals surface area contributed by atoms with Crippen molar-refractivity contribution in [2.24, 2.45) is 35.3 Å². The molecule has 0 aromatic heterocycles. The van der Waals surface area contributed by atoms with E-state index < -0.39 is 135 Å². The van der Waals surface area contributed by atoms with Crippen molar-refractivity contribution in [3.8, 4) is 11.1 Å². The number of carbonyl (C=O) groups excluding carboxylic acids is 8. The number of amides is 9. The second-order valence-electron chi connectivity index (χ2n) is 28.1. The number of fused-ring (bicyclic) bond motifs is 3. The summed E-state index contributed by atoms with van der Waals surface area (Å²) in [5.41, 5.74) is 10.0. The number of carbonyl (C=O) groups is 8. The van der Waals surface area contributed by atoms with Crippen LogP contribution in [0, 0.1) is 29.6 Å². The van der Waals surface area contributed by atoms with Gasteiger partial charge in [-0.15, -0.1) is 0 Å². The second kappa shape index (κ2) is 35.9. The number of benzene rings is 4. The molecule has 4 aromatic carbocycles. The number of methoxy groups -OCH3 is 2. The first-order valence-electron chi connectivity index (χ1n) is 34.3. The van der Waals surface area contributed by atoms with Crippen LogP contribution in [0.1, 0.15) is 142 Å². The minimum atomic E-state index is -5.03. The Bertz CT molecular complexity index is 3510. The van der Waals surface area contributed by atoms with E-state index in [-0.39, 0.29) is 78.3 Å². The Morgan fingerprint density at radius 1 is 0.737 bits per heavy atom.